The molecule has 0 unspecified atom stereocenters. The Labute approximate surface area is 76.6 Å². The molecule has 1 amide bonds. The predicted octanol–water partition coefficient (Wildman–Crippen LogP) is 2.28. The van der Waals surface area contributed by atoms with Crippen LogP contribution in [0.25, 0.3) is 0 Å². The first-order valence-corrected chi connectivity index (χ1v) is 7.48. The first-order chi connectivity index (χ1) is 5.60. The molecule has 0 aromatic carbocycles. The van der Waals surface area contributed by atoms with Crippen molar-refractivity contribution in [3.05, 3.63) is 0 Å². The summed E-state index contributed by atoms with van der Waals surface area (Å²) in [5.41, 5.74) is 0. The molecule has 6 heteroatoms. The molecule has 0 saturated carbocycles. The molecule has 78 valence electrons. The second-order valence-electron chi connectivity index (χ2n) is 3.91. The normalized spacial score (nSPS) is 12.8. The zero-order chi connectivity index (χ0) is 10.7. The van der Waals surface area contributed by atoms with Crippen LogP contribution in [0.3, 0.4) is 0 Å². The van der Waals surface area contributed by atoms with E-state index in [9.17, 15) is 18.0 Å². The van der Waals surface area contributed by atoms with E-state index in [1.54, 1.807) is 0 Å². The molecule has 2 nitrogen and oxygen atoms in total. The number of rotatable bonds is 3. The molecular formula is C7H14F3NOSi. The summed E-state index contributed by atoms with van der Waals surface area (Å²) in [6.45, 7) is 5.58. The van der Waals surface area contributed by atoms with E-state index in [0.29, 0.717) is 0 Å². The summed E-state index contributed by atoms with van der Waals surface area (Å²) in [5, 5.41) is 0. The third-order valence-corrected chi connectivity index (χ3v) is 2.18. The molecule has 0 aliphatic heterocycles. The Morgan fingerprint density at radius 2 is 1.77 bits per heavy atom. The second kappa shape index (κ2) is 4.12. The van der Waals surface area contributed by atoms with E-state index in [-0.39, 0.29) is 0 Å². The summed E-state index contributed by atoms with van der Waals surface area (Å²) in [5.74, 6) is -0.503. The zero-order valence-corrected chi connectivity index (χ0v) is 8.96. The Hall–Kier alpha value is -0.523. The van der Waals surface area contributed by atoms with Crippen LogP contribution < -0.4 is 4.98 Å². The van der Waals surface area contributed by atoms with Crippen molar-refractivity contribution >= 4 is 14.1 Å². The third-order valence-electron chi connectivity index (χ3n) is 1.15. The van der Waals surface area contributed by atoms with Gasteiger partial charge in [0, 0.05) is 6.42 Å². The lowest BCUT2D eigenvalue weighted by atomic mass is 10.3. The number of carbonyl (C=O) groups is 1. The number of carbonyl (C=O) groups excluding carboxylic acids is 1. The van der Waals surface area contributed by atoms with Crippen molar-refractivity contribution in [1.82, 2.24) is 4.98 Å². The maximum absolute atomic E-state index is 11.7. The molecule has 0 bridgehead atoms. The Kier molecular flexibility index (Phi) is 3.96. The zero-order valence-electron chi connectivity index (χ0n) is 7.96. The quantitative estimate of drug-likeness (QED) is 0.716. The van der Waals surface area contributed by atoms with Crippen molar-refractivity contribution in [2.75, 3.05) is 0 Å². The highest BCUT2D eigenvalue weighted by Gasteiger charge is 2.28. The van der Waals surface area contributed by atoms with Gasteiger partial charge in [0.25, 0.3) is 0 Å². The SMILES string of the molecule is C[Si](C)(C)NC(=O)CCC(F)(F)F. The van der Waals surface area contributed by atoms with Crippen LogP contribution in [0.4, 0.5) is 13.2 Å². The number of amides is 1. The summed E-state index contributed by atoms with van der Waals surface area (Å²) >= 11 is 0. The van der Waals surface area contributed by atoms with Crippen LogP contribution in [0.5, 0.6) is 0 Å². The van der Waals surface area contributed by atoms with Crippen molar-refractivity contribution in [2.45, 2.75) is 38.7 Å². The minimum atomic E-state index is -4.24. The Morgan fingerprint density at radius 1 is 1.31 bits per heavy atom. The molecule has 1 N–H and O–H groups in total. The maximum Gasteiger partial charge on any atom is 0.389 e. The molecule has 0 aliphatic carbocycles. The monoisotopic (exact) mass is 213 g/mol. The average Bonchev–Trinajstić information content (AvgIpc) is 1.78. The Bertz CT molecular complexity index is 185. The van der Waals surface area contributed by atoms with E-state index in [1.165, 1.54) is 0 Å². The third kappa shape index (κ3) is 9.39. The van der Waals surface area contributed by atoms with Crippen LogP contribution in [0.1, 0.15) is 12.8 Å². The van der Waals surface area contributed by atoms with Crippen molar-refractivity contribution in [2.24, 2.45) is 0 Å². The van der Waals surface area contributed by atoms with E-state index in [1.807, 2.05) is 19.6 Å². The highest BCUT2D eigenvalue weighted by Crippen LogP contribution is 2.21. The van der Waals surface area contributed by atoms with Gasteiger partial charge in [0.1, 0.15) is 8.24 Å². The Balaban J connectivity index is 3.78. The van der Waals surface area contributed by atoms with Crippen LogP contribution in [-0.2, 0) is 4.79 Å². The van der Waals surface area contributed by atoms with Gasteiger partial charge in [-0.1, -0.05) is 19.6 Å². The fourth-order valence-corrected chi connectivity index (χ4v) is 1.70. The molecule has 13 heavy (non-hydrogen) atoms. The topological polar surface area (TPSA) is 29.1 Å². The molecule has 0 atom stereocenters. The summed E-state index contributed by atoms with van der Waals surface area (Å²) < 4.78 is 35.0. The highest BCUT2D eigenvalue weighted by molar-refractivity contribution is 6.75. The van der Waals surface area contributed by atoms with E-state index in [4.69, 9.17) is 0 Å². The van der Waals surface area contributed by atoms with Crippen LogP contribution >= 0.6 is 0 Å². The second-order valence-corrected chi connectivity index (χ2v) is 8.66. The van der Waals surface area contributed by atoms with Gasteiger partial charge in [-0.25, -0.2) is 0 Å². The molecule has 0 aromatic heterocycles. The molecular weight excluding hydrogens is 199 g/mol. The van der Waals surface area contributed by atoms with Crippen LogP contribution in [-0.4, -0.2) is 20.3 Å². The first kappa shape index (κ1) is 12.5. The van der Waals surface area contributed by atoms with Gasteiger partial charge in [-0.05, 0) is 0 Å². The first-order valence-electron chi connectivity index (χ1n) is 3.98. The summed E-state index contributed by atoms with van der Waals surface area (Å²) in [7, 11) is -1.78. The van der Waals surface area contributed by atoms with Gasteiger partial charge < -0.3 is 4.98 Å². The van der Waals surface area contributed by atoms with Crippen LogP contribution in [0.15, 0.2) is 0 Å². The van der Waals surface area contributed by atoms with Crippen molar-refractivity contribution < 1.29 is 18.0 Å². The molecule has 0 aromatic rings. The number of nitrogens with one attached hydrogen (secondary N) is 1. The van der Waals surface area contributed by atoms with E-state index in [0.717, 1.165) is 0 Å². The minimum Gasteiger partial charge on any atom is -0.382 e. The fraction of sp³-hybridized carbons (Fsp3) is 0.857. The summed E-state index contributed by atoms with van der Waals surface area (Å²) in [6, 6.07) is 0. The predicted molar refractivity (Wildman–Crippen MR) is 46.8 cm³/mol. The molecule has 0 fully saturated rings. The highest BCUT2D eigenvalue weighted by atomic mass is 28.3. The molecule has 0 radical (unpaired) electrons. The molecule has 0 saturated heterocycles. The Morgan fingerprint density at radius 3 is 2.08 bits per heavy atom. The lowest BCUT2D eigenvalue weighted by Crippen LogP contribution is -2.45. The summed E-state index contributed by atoms with van der Waals surface area (Å²) in [6.07, 6.45) is -5.74. The van der Waals surface area contributed by atoms with Gasteiger partial charge in [-0.2, -0.15) is 13.2 Å². The van der Waals surface area contributed by atoms with E-state index < -0.39 is 33.2 Å². The number of hydrogen-bond donors (Lipinski definition) is 1. The molecule has 0 aliphatic rings. The summed E-state index contributed by atoms with van der Waals surface area (Å²) in [4.78, 5) is 13.5. The van der Waals surface area contributed by atoms with Crippen LogP contribution in [0.2, 0.25) is 19.6 Å². The fourth-order valence-electron chi connectivity index (χ4n) is 0.736. The number of alkyl halides is 3. The number of hydrogen-bond acceptors (Lipinski definition) is 1. The van der Waals surface area contributed by atoms with Gasteiger partial charge >= 0.3 is 6.18 Å². The molecule has 0 heterocycles. The van der Waals surface area contributed by atoms with Gasteiger partial charge in [0.15, 0.2) is 0 Å². The average molecular weight is 213 g/mol. The van der Waals surface area contributed by atoms with Gasteiger partial charge in [-0.3, -0.25) is 4.79 Å². The van der Waals surface area contributed by atoms with E-state index >= 15 is 0 Å². The molecule has 0 spiro atoms. The molecule has 0 rings (SSSR count). The maximum atomic E-state index is 11.7. The van der Waals surface area contributed by atoms with E-state index in [2.05, 4.69) is 4.98 Å². The lowest BCUT2D eigenvalue weighted by Gasteiger charge is -2.18. The largest absolute Gasteiger partial charge is 0.389 e. The van der Waals surface area contributed by atoms with Crippen molar-refractivity contribution in [3.8, 4) is 0 Å². The standard InChI is InChI=1S/C7H14F3NOSi/c1-13(2,3)11-6(12)4-5-7(8,9)10/h4-5H2,1-3H3,(H,11,12). The van der Waals surface area contributed by atoms with Gasteiger partial charge in [0.05, 0.1) is 6.42 Å². The smallest absolute Gasteiger partial charge is 0.382 e. The van der Waals surface area contributed by atoms with Crippen molar-refractivity contribution in [3.63, 3.8) is 0 Å². The minimum absolute atomic E-state index is 0.465. The lowest BCUT2D eigenvalue weighted by molar-refractivity contribution is -0.143. The van der Waals surface area contributed by atoms with Gasteiger partial charge in [-0.15, -0.1) is 0 Å². The van der Waals surface area contributed by atoms with Crippen molar-refractivity contribution in [1.29, 1.82) is 0 Å². The van der Waals surface area contributed by atoms with Crippen LogP contribution in [0, 0.1) is 0 Å². The van der Waals surface area contributed by atoms with Gasteiger partial charge in [0.2, 0.25) is 5.91 Å². The number of halogens is 3.